The van der Waals surface area contributed by atoms with Gasteiger partial charge in [-0.15, -0.1) is 0 Å². The Balaban J connectivity index is 0.00000144. The van der Waals surface area contributed by atoms with Crippen molar-refractivity contribution < 1.29 is 6.22 Å². The molecule has 1 amide bonds. The first kappa shape index (κ1) is 8.71. The molecule has 66 valence electrons. The van der Waals surface area contributed by atoms with E-state index < -0.39 is 0 Å². The van der Waals surface area contributed by atoms with Crippen LogP contribution in [0.15, 0.2) is 18.3 Å². The smallest absolute Gasteiger partial charge is 0.253 e. The molecule has 1 heterocycles. The number of nitrogens with one attached hydrogen (secondary N) is 1. The molecule has 0 atom stereocenters. The molecule has 1 aromatic rings. The van der Waals surface area contributed by atoms with Crippen LogP contribution in [0, 0.1) is 6.92 Å². The molecule has 1 N–H and O–H groups in total. The molecule has 3 nitrogen and oxygen atoms in total. The Kier molecular flexibility index (Phi) is 2.80. The zero-order valence-electron chi connectivity index (χ0n) is 7.29. The molecule has 0 saturated carbocycles. The molecule has 1 rings (SSSR count). The third-order valence-electron chi connectivity index (χ3n) is 1.59. The van der Waals surface area contributed by atoms with Crippen LogP contribution in [0.1, 0.15) is 24.4 Å². The second-order valence-electron chi connectivity index (χ2n) is 2.50. The van der Waals surface area contributed by atoms with Crippen molar-refractivity contribution >= 4 is 5.91 Å². The fourth-order valence-corrected chi connectivity index (χ4v) is 0.980. The first-order chi connectivity index (χ1) is 5.75. The van der Waals surface area contributed by atoms with Gasteiger partial charge < -0.3 is 5.32 Å². The van der Waals surface area contributed by atoms with E-state index in [0.717, 1.165) is 5.69 Å². The second kappa shape index (κ2) is 3.85. The topological polar surface area (TPSA) is 42.0 Å². The molecule has 0 aliphatic rings. The van der Waals surface area contributed by atoms with E-state index in [-0.39, 0.29) is 7.33 Å². The zero-order chi connectivity index (χ0) is 8.97. The van der Waals surface area contributed by atoms with Gasteiger partial charge in [-0.25, -0.2) is 0 Å². The van der Waals surface area contributed by atoms with Crippen molar-refractivity contribution in [2.75, 3.05) is 6.54 Å². The van der Waals surface area contributed by atoms with Crippen LogP contribution in [0.25, 0.3) is 0 Å². The highest BCUT2D eigenvalue weighted by Crippen LogP contribution is 2.02. The summed E-state index contributed by atoms with van der Waals surface area (Å²) in [5.41, 5.74) is 1.42. The molecule has 12 heavy (non-hydrogen) atoms. The van der Waals surface area contributed by atoms with E-state index in [1.165, 1.54) is 0 Å². The van der Waals surface area contributed by atoms with Crippen molar-refractivity contribution in [2.24, 2.45) is 0 Å². The van der Waals surface area contributed by atoms with Gasteiger partial charge in [0, 0.05) is 19.9 Å². The first-order valence-corrected chi connectivity index (χ1v) is 3.95. The Labute approximate surface area is 73.3 Å². The molecule has 0 aliphatic heterocycles. The minimum atomic E-state index is -0.0527. The quantitative estimate of drug-likeness (QED) is 0.721. The summed E-state index contributed by atoms with van der Waals surface area (Å²) < 4.78 is 0. The maximum atomic E-state index is 11.3. The highest BCUT2D eigenvalue weighted by atomic mass is 16.1. The van der Waals surface area contributed by atoms with Crippen LogP contribution < -0.4 is 5.32 Å². The molecule has 0 aliphatic carbocycles. The van der Waals surface area contributed by atoms with E-state index in [9.17, 15) is 4.79 Å². The van der Waals surface area contributed by atoms with Crippen molar-refractivity contribution in [1.29, 1.82) is 0 Å². The Morgan fingerprint density at radius 1 is 1.75 bits per heavy atom. The molecule has 3 heteroatoms. The first-order valence-electron chi connectivity index (χ1n) is 3.95. The summed E-state index contributed by atoms with van der Waals surface area (Å²) in [6.07, 6.45) is 1.68. The van der Waals surface area contributed by atoms with Gasteiger partial charge in [0.25, 0.3) is 5.91 Å². The number of amides is 1. The third-order valence-corrected chi connectivity index (χ3v) is 1.59. The fourth-order valence-electron chi connectivity index (χ4n) is 0.980. The van der Waals surface area contributed by atoms with Crippen molar-refractivity contribution in [2.45, 2.75) is 13.8 Å². The summed E-state index contributed by atoms with van der Waals surface area (Å²) in [5, 5.41) is 2.72. The van der Waals surface area contributed by atoms with Gasteiger partial charge in [0.15, 0.2) is 0 Å². The zero-order valence-corrected chi connectivity index (χ0v) is 7.29. The molecule has 0 fully saturated rings. The summed E-state index contributed by atoms with van der Waals surface area (Å²) >= 11 is 0. The van der Waals surface area contributed by atoms with E-state index >= 15 is 0 Å². The molecule has 0 bridgehead atoms. The standard InChI is InChI=1S/C9H12N2O.H2/c1-3-10-9(12)8-5-4-6-11-7(8)2;/h4-6H,3H2,1-2H3,(H,10,12);1H. The number of pyridine rings is 1. The Morgan fingerprint density at radius 3 is 3.08 bits per heavy atom. The lowest BCUT2D eigenvalue weighted by atomic mass is 10.2. The Hall–Kier alpha value is -1.38. The lowest BCUT2D eigenvalue weighted by Crippen LogP contribution is -2.23. The number of carbonyl (C=O) groups is 1. The van der Waals surface area contributed by atoms with Crippen molar-refractivity contribution in [3.8, 4) is 0 Å². The monoisotopic (exact) mass is 166 g/mol. The molecule has 0 unspecified atom stereocenters. The molecule has 0 aromatic carbocycles. The maximum absolute atomic E-state index is 11.3. The molecule has 0 spiro atoms. The van der Waals surface area contributed by atoms with E-state index in [1.807, 2.05) is 13.8 Å². The fraction of sp³-hybridized carbons (Fsp3) is 0.333. The van der Waals surface area contributed by atoms with Crippen LogP contribution in [-0.2, 0) is 0 Å². The summed E-state index contributed by atoms with van der Waals surface area (Å²) in [4.78, 5) is 15.3. The van der Waals surface area contributed by atoms with E-state index in [2.05, 4.69) is 10.3 Å². The highest BCUT2D eigenvalue weighted by molar-refractivity contribution is 5.95. The molecular weight excluding hydrogens is 152 g/mol. The van der Waals surface area contributed by atoms with Crippen molar-refractivity contribution in [3.63, 3.8) is 0 Å². The van der Waals surface area contributed by atoms with Gasteiger partial charge in [-0.05, 0) is 26.0 Å². The average molecular weight is 166 g/mol. The lowest BCUT2D eigenvalue weighted by molar-refractivity contribution is 0.0955. The summed E-state index contributed by atoms with van der Waals surface area (Å²) in [5.74, 6) is -0.0527. The van der Waals surface area contributed by atoms with Gasteiger partial charge >= 0.3 is 0 Å². The lowest BCUT2D eigenvalue weighted by Gasteiger charge is -2.03. The predicted molar refractivity (Wildman–Crippen MR) is 49.1 cm³/mol. The van der Waals surface area contributed by atoms with Gasteiger partial charge in [0.2, 0.25) is 0 Å². The van der Waals surface area contributed by atoms with Crippen LogP contribution in [-0.4, -0.2) is 17.4 Å². The van der Waals surface area contributed by atoms with Crippen molar-refractivity contribution in [3.05, 3.63) is 29.6 Å². The van der Waals surface area contributed by atoms with Crippen LogP contribution >= 0.6 is 0 Å². The summed E-state index contributed by atoms with van der Waals surface area (Å²) in [7, 11) is 0. The SMILES string of the molecule is CCNC(=O)c1cccnc1C.[HH]. The van der Waals surface area contributed by atoms with Crippen LogP contribution in [0.4, 0.5) is 0 Å². The van der Waals surface area contributed by atoms with Gasteiger partial charge in [-0.2, -0.15) is 0 Å². The van der Waals surface area contributed by atoms with Gasteiger partial charge in [-0.3, -0.25) is 9.78 Å². The number of hydrogen-bond acceptors (Lipinski definition) is 2. The Morgan fingerprint density at radius 2 is 2.50 bits per heavy atom. The second-order valence-corrected chi connectivity index (χ2v) is 2.50. The minimum Gasteiger partial charge on any atom is -0.352 e. The molecule has 1 aromatic heterocycles. The number of rotatable bonds is 2. The Bertz CT molecular complexity index is 289. The van der Waals surface area contributed by atoms with Crippen LogP contribution in [0.5, 0.6) is 0 Å². The van der Waals surface area contributed by atoms with E-state index in [1.54, 1.807) is 18.3 Å². The molecule has 0 saturated heterocycles. The van der Waals surface area contributed by atoms with Gasteiger partial charge in [0.1, 0.15) is 0 Å². The van der Waals surface area contributed by atoms with Crippen molar-refractivity contribution in [1.82, 2.24) is 10.3 Å². The number of carbonyl (C=O) groups excluding carboxylic acids is 1. The van der Waals surface area contributed by atoms with Gasteiger partial charge in [0.05, 0.1) is 5.56 Å². The van der Waals surface area contributed by atoms with E-state index in [0.29, 0.717) is 12.1 Å². The van der Waals surface area contributed by atoms with Gasteiger partial charge in [-0.1, -0.05) is 0 Å². The largest absolute Gasteiger partial charge is 0.352 e. The normalized spacial score (nSPS) is 9.50. The van der Waals surface area contributed by atoms with Crippen LogP contribution in [0.2, 0.25) is 0 Å². The highest BCUT2D eigenvalue weighted by Gasteiger charge is 2.06. The minimum absolute atomic E-state index is 0. The molecular formula is C9H14N2O. The van der Waals surface area contributed by atoms with Crippen LogP contribution in [0.3, 0.4) is 0 Å². The predicted octanol–water partition coefficient (Wildman–Crippen LogP) is 1.39. The number of aromatic nitrogens is 1. The number of aryl methyl sites for hydroxylation is 1. The molecule has 0 radical (unpaired) electrons. The van der Waals surface area contributed by atoms with E-state index in [4.69, 9.17) is 0 Å². The summed E-state index contributed by atoms with van der Waals surface area (Å²) in [6.45, 7) is 4.36. The number of hydrogen-bond donors (Lipinski definition) is 1. The third kappa shape index (κ3) is 1.81. The number of nitrogens with zero attached hydrogens (tertiary/aromatic N) is 1. The maximum Gasteiger partial charge on any atom is 0.253 e. The average Bonchev–Trinajstić information content (AvgIpc) is 2.05. The summed E-state index contributed by atoms with van der Waals surface area (Å²) in [6, 6.07) is 3.53.